The third kappa shape index (κ3) is 5.49. The van der Waals surface area contributed by atoms with Gasteiger partial charge >= 0.3 is 0 Å². The summed E-state index contributed by atoms with van der Waals surface area (Å²) < 4.78 is 14.0. The zero-order chi connectivity index (χ0) is 16.8. The number of anilines is 1. The number of nitrogens with zero attached hydrogens (tertiary/aromatic N) is 1. The summed E-state index contributed by atoms with van der Waals surface area (Å²) in [5, 5.41) is 2.56. The molecular formula is C17H16BrFN2O2. The number of nitrogens with one attached hydrogen (secondary N) is 1. The van der Waals surface area contributed by atoms with E-state index in [1.54, 1.807) is 13.1 Å². The van der Waals surface area contributed by atoms with E-state index < -0.39 is 5.82 Å². The first-order valence-electron chi connectivity index (χ1n) is 6.98. The molecule has 1 N–H and O–H groups in total. The molecule has 0 bridgehead atoms. The lowest BCUT2D eigenvalue weighted by Gasteiger charge is -2.17. The fourth-order valence-electron chi connectivity index (χ4n) is 1.98. The van der Waals surface area contributed by atoms with Gasteiger partial charge in [-0.2, -0.15) is 0 Å². The van der Waals surface area contributed by atoms with Crippen LogP contribution < -0.4 is 5.32 Å². The van der Waals surface area contributed by atoms with Gasteiger partial charge in [-0.15, -0.1) is 0 Å². The molecule has 0 heterocycles. The summed E-state index contributed by atoms with van der Waals surface area (Å²) in [4.78, 5) is 25.4. The number of rotatable bonds is 5. The van der Waals surface area contributed by atoms with Crippen LogP contribution in [0.3, 0.4) is 0 Å². The Balaban J connectivity index is 1.87. The van der Waals surface area contributed by atoms with Gasteiger partial charge in [0.2, 0.25) is 11.8 Å². The van der Waals surface area contributed by atoms with Gasteiger partial charge in [0.05, 0.1) is 13.0 Å². The third-order valence-electron chi connectivity index (χ3n) is 3.18. The predicted molar refractivity (Wildman–Crippen MR) is 90.5 cm³/mol. The van der Waals surface area contributed by atoms with Crippen molar-refractivity contribution in [2.45, 2.75) is 6.42 Å². The highest BCUT2D eigenvalue weighted by Gasteiger charge is 2.13. The van der Waals surface area contributed by atoms with Crippen LogP contribution in [0.4, 0.5) is 10.1 Å². The first kappa shape index (κ1) is 17.1. The lowest BCUT2D eigenvalue weighted by Crippen LogP contribution is -2.35. The maximum absolute atomic E-state index is 13.1. The van der Waals surface area contributed by atoms with Gasteiger partial charge in [-0.25, -0.2) is 4.39 Å². The monoisotopic (exact) mass is 378 g/mol. The maximum atomic E-state index is 13.1. The molecule has 2 aromatic rings. The van der Waals surface area contributed by atoms with Crippen molar-refractivity contribution in [2.75, 3.05) is 18.9 Å². The Bertz CT molecular complexity index is 704. The van der Waals surface area contributed by atoms with Crippen LogP contribution in [0.2, 0.25) is 0 Å². The van der Waals surface area contributed by atoms with E-state index in [2.05, 4.69) is 21.2 Å². The zero-order valence-electron chi connectivity index (χ0n) is 12.6. The molecule has 0 aliphatic heterocycles. The Hall–Kier alpha value is -2.21. The van der Waals surface area contributed by atoms with Crippen molar-refractivity contribution in [3.63, 3.8) is 0 Å². The first-order chi connectivity index (χ1) is 10.9. The Kier molecular flexibility index (Phi) is 5.87. The molecule has 23 heavy (non-hydrogen) atoms. The van der Waals surface area contributed by atoms with E-state index in [-0.39, 0.29) is 24.8 Å². The Labute approximate surface area is 142 Å². The van der Waals surface area contributed by atoms with Crippen molar-refractivity contribution in [1.29, 1.82) is 0 Å². The van der Waals surface area contributed by atoms with Crippen molar-refractivity contribution in [3.05, 3.63) is 64.4 Å². The minimum Gasteiger partial charge on any atom is -0.336 e. The molecule has 0 aliphatic rings. The van der Waals surface area contributed by atoms with Gasteiger partial charge in [-0.1, -0.05) is 34.1 Å². The largest absolute Gasteiger partial charge is 0.336 e. The van der Waals surface area contributed by atoms with Crippen LogP contribution in [0.5, 0.6) is 0 Å². The SMILES string of the molecule is CN(CC(=O)Nc1cccc(F)c1)C(=O)Cc1ccc(Br)cc1. The molecule has 0 atom stereocenters. The summed E-state index contributed by atoms with van der Waals surface area (Å²) in [7, 11) is 1.56. The molecule has 0 aromatic heterocycles. The van der Waals surface area contributed by atoms with Gasteiger partial charge in [0.25, 0.3) is 0 Å². The van der Waals surface area contributed by atoms with Gasteiger partial charge in [0.1, 0.15) is 5.82 Å². The number of likely N-dealkylation sites (N-methyl/N-ethyl adjacent to an activating group) is 1. The average molecular weight is 379 g/mol. The highest BCUT2D eigenvalue weighted by atomic mass is 79.9. The zero-order valence-corrected chi connectivity index (χ0v) is 14.1. The fraction of sp³-hybridized carbons (Fsp3) is 0.176. The summed E-state index contributed by atoms with van der Waals surface area (Å²) >= 11 is 3.33. The van der Waals surface area contributed by atoms with E-state index >= 15 is 0 Å². The number of hydrogen-bond acceptors (Lipinski definition) is 2. The average Bonchev–Trinajstić information content (AvgIpc) is 2.49. The van der Waals surface area contributed by atoms with Gasteiger partial charge in [0, 0.05) is 17.2 Å². The molecule has 0 unspecified atom stereocenters. The smallest absolute Gasteiger partial charge is 0.243 e. The maximum Gasteiger partial charge on any atom is 0.243 e. The Morgan fingerprint density at radius 1 is 1.17 bits per heavy atom. The lowest BCUT2D eigenvalue weighted by atomic mass is 10.1. The Morgan fingerprint density at radius 3 is 2.52 bits per heavy atom. The number of benzene rings is 2. The minimum absolute atomic E-state index is 0.0914. The summed E-state index contributed by atoms with van der Waals surface area (Å²) in [6.07, 6.45) is 0.219. The first-order valence-corrected chi connectivity index (χ1v) is 7.77. The minimum atomic E-state index is -0.428. The van der Waals surface area contributed by atoms with Crippen LogP contribution in [0.25, 0.3) is 0 Å². The molecule has 2 rings (SSSR count). The van der Waals surface area contributed by atoms with Crippen LogP contribution in [-0.4, -0.2) is 30.3 Å². The fourth-order valence-corrected chi connectivity index (χ4v) is 2.25. The highest BCUT2D eigenvalue weighted by molar-refractivity contribution is 9.10. The van der Waals surface area contributed by atoms with E-state index in [1.165, 1.54) is 23.1 Å². The highest BCUT2D eigenvalue weighted by Crippen LogP contribution is 2.12. The van der Waals surface area contributed by atoms with Crippen LogP contribution >= 0.6 is 15.9 Å². The number of carbonyl (C=O) groups is 2. The van der Waals surface area contributed by atoms with Gasteiger partial charge in [-0.05, 0) is 35.9 Å². The van der Waals surface area contributed by atoms with Gasteiger partial charge in [0.15, 0.2) is 0 Å². The van der Waals surface area contributed by atoms with E-state index in [1.807, 2.05) is 24.3 Å². The summed E-state index contributed by atoms with van der Waals surface area (Å²) in [6.45, 7) is -0.0914. The van der Waals surface area contributed by atoms with Crippen molar-refractivity contribution in [1.82, 2.24) is 4.90 Å². The number of amides is 2. The quantitative estimate of drug-likeness (QED) is 0.867. The summed E-state index contributed by atoms with van der Waals surface area (Å²) in [5.41, 5.74) is 1.24. The second-order valence-corrected chi connectivity index (χ2v) is 6.03. The lowest BCUT2D eigenvalue weighted by molar-refractivity contribution is -0.132. The van der Waals surface area contributed by atoms with Crippen LogP contribution in [0.15, 0.2) is 53.0 Å². The Morgan fingerprint density at radius 2 is 1.87 bits per heavy atom. The van der Waals surface area contributed by atoms with Crippen LogP contribution in [0, 0.1) is 5.82 Å². The summed E-state index contributed by atoms with van der Waals surface area (Å²) in [6, 6.07) is 13.0. The van der Waals surface area contributed by atoms with Crippen LogP contribution in [-0.2, 0) is 16.0 Å². The molecular weight excluding hydrogens is 363 g/mol. The topological polar surface area (TPSA) is 49.4 Å². The van der Waals surface area contributed by atoms with Crippen molar-refractivity contribution >= 4 is 33.4 Å². The molecule has 120 valence electrons. The second-order valence-electron chi connectivity index (χ2n) is 5.11. The molecule has 0 fully saturated rings. The standard InChI is InChI=1S/C17H16BrFN2O2/c1-21(17(23)9-12-5-7-13(18)8-6-12)11-16(22)20-15-4-2-3-14(19)10-15/h2-8,10H,9,11H2,1H3,(H,20,22). The van der Waals surface area contributed by atoms with E-state index in [4.69, 9.17) is 0 Å². The predicted octanol–water partition coefficient (Wildman–Crippen LogP) is 3.23. The van der Waals surface area contributed by atoms with Gasteiger partial charge < -0.3 is 10.2 Å². The van der Waals surface area contributed by atoms with Crippen molar-refractivity contribution in [3.8, 4) is 0 Å². The number of carbonyl (C=O) groups excluding carboxylic acids is 2. The van der Waals surface area contributed by atoms with E-state index in [0.717, 1.165) is 10.0 Å². The molecule has 6 heteroatoms. The third-order valence-corrected chi connectivity index (χ3v) is 3.71. The van der Waals surface area contributed by atoms with Crippen LogP contribution in [0.1, 0.15) is 5.56 Å². The molecule has 0 saturated carbocycles. The number of halogens is 2. The molecule has 0 radical (unpaired) electrons. The van der Waals surface area contributed by atoms with Gasteiger partial charge in [-0.3, -0.25) is 9.59 Å². The summed E-state index contributed by atoms with van der Waals surface area (Å²) in [5.74, 6) is -0.966. The normalized spacial score (nSPS) is 10.2. The molecule has 0 aliphatic carbocycles. The molecule has 4 nitrogen and oxygen atoms in total. The van der Waals surface area contributed by atoms with Crippen molar-refractivity contribution < 1.29 is 14.0 Å². The molecule has 2 aromatic carbocycles. The van der Waals surface area contributed by atoms with Crippen molar-refractivity contribution in [2.24, 2.45) is 0 Å². The molecule has 2 amide bonds. The van der Waals surface area contributed by atoms with E-state index in [0.29, 0.717) is 5.69 Å². The number of hydrogen-bond donors (Lipinski definition) is 1. The second kappa shape index (κ2) is 7.87. The molecule has 0 saturated heterocycles. The van der Waals surface area contributed by atoms with E-state index in [9.17, 15) is 14.0 Å². The molecule has 0 spiro atoms.